The van der Waals surface area contributed by atoms with E-state index in [1.807, 2.05) is 18.2 Å². The highest BCUT2D eigenvalue weighted by molar-refractivity contribution is 5.80. The molecule has 3 N–H and O–H groups in total. The van der Waals surface area contributed by atoms with Gasteiger partial charge in [0.05, 0.1) is 0 Å². The number of aromatic hydroxyl groups is 3. The van der Waals surface area contributed by atoms with E-state index in [0.29, 0.717) is 5.56 Å². The summed E-state index contributed by atoms with van der Waals surface area (Å²) in [5.41, 5.74) is 3.72. The lowest BCUT2D eigenvalue weighted by Crippen LogP contribution is -2.00. The molecule has 0 saturated carbocycles. The van der Waals surface area contributed by atoms with E-state index in [0.717, 1.165) is 16.7 Å². The van der Waals surface area contributed by atoms with Crippen molar-refractivity contribution < 1.29 is 15.3 Å². The van der Waals surface area contributed by atoms with Gasteiger partial charge in [-0.1, -0.05) is 45.9 Å². The highest BCUT2D eigenvalue weighted by Gasteiger charge is 2.20. The maximum absolute atomic E-state index is 10.2. The maximum atomic E-state index is 10.2. The van der Waals surface area contributed by atoms with Crippen LogP contribution in [-0.4, -0.2) is 15.3 Å². The molecule has 2 aromatic carbocycles. The van der Waals surface area contributed by atoms with Crippen LogP contribution in [0.1, 0.15) is 50.7 Å². The Morgan fingerprint density at radius 2 is 1.24 bits per heavy atom. The minimum absolute atomic E-state index is 0.273. The Balaban J connectivity index is 2.81. The van der Waals surface area contributed by atoms with E-state index in [9.17, 15) is 15.3 Å². The van der Waals surface area contributed by atoms with E-state index in [-0.39, 0.29) is 23.3 Å². The van der Waals surface area contributed by atoms with Crippen LogP contribution in [0.2, 0.25) is 0 Å². The average molecular weight is 286 g/mol. The zero-order valence-electron chi connectivity index (χ0n) is 12.9. The van der Waals surface area contributed by atoms with Gasteiger partial charge in [-0.15, -0.1) is 0 Å². The molecule has 112 valence electrons. The summed E-state index contributed by atoms with van der Waals surface area (Å²) >= 11 is 0. The summed E-state index contributed by atoms with van der Waals surface area (Å²) in [5, 5.41) is 29.6. The highest BCUT2D eigenvalue weighted by atomic mass is 16.3. The van der Waals surface area contributed by atoms with Crippen molar-refractivity contribution in [1.82, 2.24) is 0 Å². The van der Waals surface area contributed by atoms with Crippen LogP contribution in [-0.2, 0) is 0 Å². The van der Waals surface area contributed by atoms with Gasteiger partial charge in [0.1, 0.15) is 0 Å². The average Bonchev–Trinajstić information content (AvgIpc) is 2.44. The second-order valence-electron chi connectivity index (χ2n) is 5.95. The number of phenolic OH excluding ortho intramolecular Hbond substituents is 3. The lowest BCUT2D eigenvalue weighted by atomic mass is 9.84. The van der Waals surface area contributed by atoms with Crippen molar-refractivity contribution in [3.05, 3.63) is 41.5 Å². The molecule has 0 bridgehead atoms. The molecular weight excluding hydrogens is 264 g/mol. The molecule has 0 unspecified atom stereocenters. The zero-order valence-corrected chi connectivity index (χ0v) is 12.9. The summed E-state index contributed by atoms with van der Waals surface area (Å²) in [7, 11) is 0. The third-order valence-corrected chi connectivity index (χ3v) is 3.77. The maximum Gasteiger partial charge on any atom is 0.200 e. The van der Waals surface area contributed by atoms with Crippen molar-refractivity contribution in [2.45, 2.75) is 39.5 Å². The topological polar surface area (TPSA) is 60.7 Å². The monoisotopic (exact) mass is 286 g/mol. The molecule has 2 rings (SSSR count). The molecule has 0 saturated heterocycles. The predicted octanol–water partition coefficient (Wildman–Crippen LogP) is 4.72. The minimum Gasteiger partial charge on any atom is -0.504 e. The molecule has 21 heavy (non-hydrogen) atoms. The van der Waals surface area contributed by atoms with E-state index < -0.39 is 5.75 Å². The van der Waals surface area contributed by atoms with Crippen molar-refractivity contribution in [3.8, 4) is 28.4 Å². The zero-order chi connectivity index (χ0) is 15.7. The first-order valence-corrected chi connectivity index (χ1v) is 7.21. The molecule has 0 aromatic heterocycles. The van der Waals surface area contributed by atoms with Gasteiger partial charge in [-0.3, -0.25) is 0 Å². The van der Waals surface area contributed by atoms with E-state index in [1.165, 1.54) is 6.07 Å². The Morgan fingerprint density at radius 3 is 1.71 bits per heavy atom. The normalized spacial score (nSPS) is 11.3. The second-order valence-corrected chi connectivity index (χ2v) is 5.95. The van der Waals surface area contributed by atoms with Crippen LogP contribution in [0.3, 0.4) is 0 Å². The summed E-state index contributed by atoms with van der Waals surface area (Å²) in [6.07, 6.45) is 0. The molecule has 0 aliphatic heterocycles. The standard InChI is InChI=1S/C18H22O3/c1-10(2)12-6-5-7-13(11(3)4)16(12)14-8-9-15(19)18(21)17(14)20/h5-11,19-21H,1-4H3. The molecule has 0 aliphatic rings. The van der Waals surface area contributed by atoms with Gasteiger partial charge in [0.2, 0.25) is 5.75 Å². The molecule has 3 heteroatoms. The summed E-state index contributed by atoms with van der Waals surface area (Å²) in [6, 6.07) is 9.15. The molecule has 0 atom stereocenters. The third-order valence-electron chi connectivity index (χ3n) is 3.77. The van der Waals surface area contributed by atoms with Crippen LogP contribution in [0, 0.1) is 0 Å². The first kappa shape index (κ1) is 15.2. The Kier molecular flexibility index (Phi) is 4.12. The lowest BCUT2D eigenvalue weighted by Gasteiger charge is -2.21. The Morgan fingerprint density at radius 1 is 0.714 bits per heavy atom. The van der Waals surface area contributed by atoms with E-state index >= 15 is 0 Å². The molecule has 0 fully saturated rings. The van der Waals surface area contributed by atoms with Gasteiger partial charge < -0.3 is 15.3 Å². The van der Waals surface area contributed by atoms with Gasteiger partial charge in [0.25, 0.3) is 0 Å². The fraction of sp³-hybridized carbons (Fsp3) is 0.333. The van der Waals surface area contributed by atoms with Crippen molar-refractivity contribution in [2.24, 2.45) is 0 Å². The Hall–Kier alpha value is -2.16. The van der Waals surface area contributed by atoms with Crippen molar-refractivity contribution in [3.63, 3.8) is 0 Å². The molecule has 0 amide bonds. The fourth-order valence-electron chi connectivity index (χ4n) is 2.63. The highest BCUT2D eigenvalue weighted by Crippen LogP contribution is 2.46. The Bertz CT molecular complexity index is 632. The summed E-state index contributed by atoms with van der Waals surface area (Å²) in [6.45, 7) is 8.39. The SMILES string of the molecule is CC(C)c1cccc(C(C)C)c1-c1ccc(O)c(O)c1O. The van der Waals surface area contributed by atoms with Crippen LogP contribution >= 0.6 is 0 Å². The second kappa shape index (κ2) is 5.68. The molecule has 0 heterocycles. The number of phenols is 3. The van der Waals surface area contributed by atoms with Gasteiger partial charge in [0, 0.05) is 5.56 Å². The van der Waals surface area contributed by atoms with Crippen molar-refractivity contribution >= 4 is 0 Å². The fourth-order valence-corrected chi connectivity index (χ4v) is 2.63. The largest absolute Gasteiger partial charge is 0.504 e. The van der Waals surface area contributed by atoms with Crippen LogP contribution < -0.4 is 0 Å². The molecular formula is C18H22O3. The summed E-state index contributed by atoms with van der Waals surface area (Å²) < 4.78 is 0. The lowest BCUT2D eigenvalue weighted by molar-refractivity contribution is 0.369. The Labute approximate surface area is 125 Å². The minimum atomic E-state index is -0.472. The van der Waals surface area contributed by atoms with E-state index in [4.69, 9.17) is 0 Å². The van der Waals surface area contributed by atoms with Gasteiger partial charge in [-0.25, -0.2) is 0 Å². The number of hydrogen-bond donors (Lipinski definition) is 3. The smallest absolute Gasteiger partial charge is 0.200 e. The van der Waals surface area contributed by atoms with Crippen molar-refractivity contribution in [2.75, 3.05) is 0 Å². The van der Waals surface area contributed by atoms with Gasteiger partial charge in [-0.2, -0.15) is 0 Å². The first-order chi connectivity index (χ1) is 9.84. The van der Waals surface area contributed by atoms with E-state index in [1.54, 1.807) is 6.07 Å². The molecule has 0 spiro atoms. The number of rotatable bonds is 3. The number of benzene rings is 2. The summed E-state index contributed by atoms with van der Waals surface area (Å²) in [4.78, 5) is 0. The summed E-state index contributed by atoms with van der Waals surface area (Å²) in [5.74, 6) is -0.488. The molecule has 3 nitrogen and oxygen atoms in total. The van der Waals surface area contributed by atoms with Crippen LogP contribution in [0.4, 0.5) is 0 Å². The molecule has 0 aliphatic carbocycles. The van der Waals surface area contributed by atoms with Gasteiger partial charge >= 0.3 is 0 Å². The third kappa shape index (κ3) is 2.68. The van der Waals surface area contributed by atoms with Crippen molar-refractivity contribution in [1.29, 1.82) is 0 Å². The van der Waals surface area contributed by atoms with Gasteiger partial charge in [-0.05, 0) is 40.7 Å². The van der Waals surface area contributed by atoms with E-state index in [2.05, 4.69) is 27.7 Å². The van der Waals surface area contributed by atoms with Gasteiger partial charge in [0.15, 0.2) is 11.5 Å². The first-order valence-electron chi connectivity index (χ1n) is 7.21. The molecule has 0 radical (unpaired) electrons. The quantitative estimate of drug-likeness (QED) is 0.716. The predicted molar refractivity (Wildman–Crippen MR) is 85.1 cm³/mol. The number of hydrogen-bond acceptors (Lipinski definition) is 3. The van der Waals surface area contributed by atoms with Crippen LogP contribution in [0.5, 0.6) is 17.2 Å². The molecule has 2 aromatic rings. The van der Waals surface area contributed by atoms with Crippen LogP contribution in [0.25, 0.3) is 11.1 Å². The van der Waals surface area contributed by atoms with Crippen LogP contribution in [0.15, 0.2) is 30.3 Å².